The number of nitrogens with one attached hydrogen (secondary N) is 3. The predicted molar refractivity (Wildman–Crippen MR) is 172 cm³/mol. The molecule has 0 spiro atoms. The minimum Gasteiger partial charge on any atom is -0.352 e. The van der Waals surface area contributed by atoms with Crippen molar-refractivity contribution in [2.24, 2.45) is 0 Å². The fraction of sp³-hybridized carbons (Fsp3) is 0.333. The van der Waals surface area contributed by atoms with Crippen molar-refractivity contribution in [3.8, 4) is 5.00 Å². The van der Waals surface area contributed by atoms with Gasteiger partial charge in [0.25, 0.3) is 5.91 Å². The molecule has 4 aromatic rings. The number of nitrogens with zero attached hydrogens (tertiary/aromatic N) is 4. The van der Waals surface area contributed by atoms with Crippen molar-refractivity contribution in [3.63, 3.8) is 0 Å². The number of aryl methyl sites for hydroxylation is 2. The number of hydrogen-bond acceptors (Lipinski definition) is 8. The Balaban J connectivity index is 1.11. The van der Waals surface area contributed by atoms with Gasteiger partial charge in [0.2, 0.25) is 17.7 Å². The van der Waals surface area contributed by atoms with E-state index in [0.717, 1.165) is 21.7 Å². The average molecular weight is 676 g/mol. The third-order valence-corrected chi connectivity index (χ3v) is 10.7. The molecule has 2 aromatic carbocycles. The molecule has 2 aromatic heterocycles. The normalized spacial score (nSPS) is 20.4. The smallest absolute Gasteiger partial charge is 0.255 e. The Morgan fingerprint density at radius 2 is 1.87 bits per heavy atom. The molecule has 3 aliphatic rings. The van der Waals surface area contributed by atoms with Gasteiger partial charge in [0.15, 0.2) is 5.82 Å². The number of hydrogen-bond donors (Lipinski definition) is 3. The summed E-state index contributed by atoms with van der Waals surface area (Å²) in [6.07, 6.45) is 0.294. The highest BCUT2D eigenvalue weighted by Crippen LogP contribution is 2.43. The maximum Gasteiger partial charge on any atom is 0.255 e. The van der Waals surface area contributed by atoms with Crippen LogP contribution in [-0.2, 0) is 27.5 Å². The summed E-state index contributed by atoms with van der Waals surface area (Å²) in [5.74, 6) is -1.05. The standard InChI is InChI=1S/C33H31ClFN7O4S/c1-15-16(2)47-33-27(15)29(18-4-7-20(34)8-5-18)37-23(30-40-39-17(3)42(30)33)12-26(44)36-13-19-6-9-21-22(28(19)35)14-41(32(21)46)24-10-11-25(43)38-31(24)45/h4-9,23-24,29,37H,10-14H2,1-3H3,(H,36,44)(H,38,43,45)/t23?,24?,29-/m0/s1. The number of thiophene rings is 1. The Morgan fingerprint density at radius 3 is 2.62 bits per heavy atom. The maximum absolute atomic E-state index is 15.7. The van der Waals surface area contributed by atoms with Gasteiger partial charge in [0.05, 0.1) is 18.6 Å². The van der Waals surface area contributed by atoms with E-state index in [1.165, 1.54) is 21.9 Å². The van der Waals surface area contributed by atoms with Gasteiger partial charge in [0.1, 0.15) is 22.7 Å². The number of fused-ring (bicyclic) bond motifs is 4. The predicted octanol–water partition coefficient (Wildman–Crippen LogP) is 4.25. The third-order valence-electron chi connectivity index (χ3n) is 9.23. The van der Waals surface area contributed by atoms with E-state index in [2.05, 4.69) is 40.0 Å². The van der Waals surface area contributed by atoms with Gasteiger partial charge in [-0.1, -0.05) is 29.8 Å². The number of rotatable bonds is 6. The molecule has 1 saturated heterocycles. The van der Waals surface area contributed by atoms with Gasteiger partial charge in [0, 0.05) is 51.5 Å². The van der Waals surface area contributed by atoms with E-state index >= 15 is 4.39 Å². The highest BCUT2D eigenvalue weighted by atomic mass is 35.5. The molecule has 0 radical (unpaired) electrons. The minimum atomic E-state index is -0.845. The zero-order chi connectivity index (χ0) is 33.1. The van der Waals surface area contributed by atoms with E-state index < -0.39 is 35.6 Å². The van der Waals surface area contributed by atoms with Crippen LogP contribution in [0.1, 0.15) is 86.0 Å². The summed E-state index contributed by atoms with van der Waals surface area (Å²) in [4.78, 5) is 53.0. The van der Waals surface area contributed by atoms with Crippen molar-refractivity contribution < 1.29 is 23.6 Å². The van der Waals surface area contributed by atoms with Crippen molar-refractivity contribution >= 4 is 46.6 Å². The number of piperidine rings is 1. The monoisotopic (exact) mass is 675 g/mol. The molecule has 7 rings (SSSR count). The van der Waals surface area contributed by atoms with Gasteiger partial charge in [-0.2, -0.15) is 0 Å². The van der Waals surface area contributed by atoms with E-state index in [1.807, 2.05) is 35.8 Å². The van der Waals surface area contributed by atoms with E-state index in [0.29, 0.717) is 16.7 Å². The Bertz CT molecular complexity index is 1970. The van der Waals surface area contributed by atoms with Gasteiger partial charge >= 0.3 is 0 Å². The highest BCUT2D eigenvalue weighted by molar-refractivity contribution is 7.14. The molecule has 5 heterocycles. The summed E-state index contributed by atoms with van der Waals surface area (Å²) < 4.78 is 17.7. The Hall–Kier alpha value is -4.46. The van der Waals surface area contributed by atoms with E-state index in [9.17, 15) is 19.2 Å². The van der Waals surface area contributed by atoms with Crippen LogP contribution in [0.4, 0.5) is 4.39 Å². The SMILES string of the molecule is Cc1sc2c(c1C)[C@H](c1ccc(Cl)cc1)NC(CC(=O)NCc1ccc3c(c1F)CN(C1CCC(=O)NC1=O)C3=O)c1nnc(C)n1-2. The largest absolute Gasteiger partial charge is 0.352 e. The summed E-state index contributed by atoms with van der Waals surface area (Å²) in [7, 11) is 0. The number of halogens is 2. The first kappa shape index (κ1) is 31.2. The quantitative estimate of drug-likeness (QED) is 0.260. The van der Waals surface area contributed by atoms with Gasteiger partial charge in [-0.3, -0.25) is 34.4 Å². The third kappa shape index (κ3) is 5.41. The summed E-state index contributed by atoms with van der Waals surface area (Å²) in [6, 6.07) is 8.98. The van der Waals surface area contributed by atoms with Crippen LogP contribution in [0, 0.1) is 26.6 Å². The summed E-state index contributed by atoms with van der Waals surface area (Å²) >= 11 is 7.87. The van der Waals surface area contributed by atoms with Crippen molar-refractivity contribution in [1.29, 1.82) is 0 Å². The zero-order valence-electron chi connectivity index (χ0n) is 25.8. The molecule has 4 amide bonds. The van der Waals surface area contributed by atoms with Gasteiger partial charge in [-0.05, 0) is 56.5 Å². The number of aromatic nitrogens is 3. The van der Waals surface area contributed by atoms with E-state index in [1.54, 1.807) is 11.3 Å². The lowest BCUT2D eigenvalue weighted by Crippen LogP contribution is -2.52. The molecule has 2 unspecified atom stereocenters. The second kappa shape index (κ2) is 12.0. The molecule has 0 aliphatic carbocycles. The molecule has 3 aliphatic heterocycles. The molecule has 0 bridgehead atoms. The van der Waals surface area contributed by atoms with Crippen LogP contribution in [-0.4, -0.2) is 49.3 Å². The van der Waals surface area contributed by atoms with Crippen LogP contribution in [0.25, 0.3) is 5.00 Å². The van der Waals surface area contributed by atoms with E-state index in [4.69, 9.17) is 11.6 Å². The minimum absolute atomic E-state index is 0.00350. The molecule has 47 heavy (non-hydrogen) atoms. The number of amides is 4. The lowest BCUT2D eigenvalue weighted by atomic mass is 9.96. The van der Waals surface area contributed by atoms with Crippen molar-refractivity contribution in [2.45, 2.75) is 71.2 Å². The topological polar surface area (TPSA) is 138 Å². The first-order valence-electron chi connectivity index (χ1n) is 15.3. The first-order valence-corrected chi connectivity index (χ1v) is 16.5. The zero-order valence-corrected chi connectivity index (χ0v) is 27.4. The second-order valence-corrected chi connectivity index (χ2v) is 13.7. The van der Waals surface area contributed by atoms with E-state index in [-0.39, 0.29) is 61.0 Å². The molecule has 242 valence electrons. The molecular weight excluding hydrogens is 645 g/mol. The maximum atomic E-state index is 15.7. The van der Waals surface area contributed by atoms with Crippen molar-refractivity contribution in [3.05, 3.63) is 97.1 Å². The molecular formula is C33H31ClFN7O4S. The molecule has 0 saturated carbocycles. The summed E-state index contributed by atoms with van der Waals surface area (Å²) in [5, 5.41) is 19.2. The van der Waals surface area contributed by atoms with Gasteiger partial charge in [-0.25, -0.2) is 4.39 Å². The molecule has 3 atom stereocenters. The van der Waals surface area contributed by atoms with Gasteiger partial charge in [-0.15, -0.1) is 21.5 Å². The van der Waals surface area contributed by atoms with Crippen molar-refractivity contribution in [2.75, 3.05) is 0 Å². The molecule has 1 fully saturated rings. The highest BCUT2D eigenvalue weighted by Gasteiger charge is 2.41. The van der Waals surface area contributed by atoms with Crippen LogP contribution in [0.2, 0.25) is 5.02 Å². The average Bonchev–Trinajstić information content (AvgIpc) is 3.65. The number of imide groups is 1. The Labute approximate surface area is 278 Å². The summed E-state index contributed by atoms with van der Waals surface area (Å²) in [6.45, 7) is 5.86. The number of carbonyl (C=O) groups is 4. The van der Waals surface area contributed by atoms with Crippen molar-refractivity contribution in [1.82, 2.24) is 35.6 Å². The first-order chi connectivity index (χ1) is 22.5. The van der Waals surface area contributed by atoms with Gasteiger partial charge < -0.3 is 10.2 Å². The molecule has 11 nitrogen and oxygen atoms in total. The lowest BCUT2D eigenvalue weighted by molar-refractivity contribution is -0.137. The molecule has 3 N–H and O–H groups in total. The van der Waals surface area contributed by atoms with Crippen LogP contribution in [0.3, 0.4) is 0 Å². The van der Waals surface area contributed by atoms with Crippen LogP contribution in [0.5, 0.6) is 0 Å². The Morgan fingerprint density at radius 1 is 1.11 bits per heavy atom. The fourth-order valence-electron chi connectivity index (χ4n) is 6.66. The molecule has 14 heteroatoms. The number of carbonyl (C=O) groups excluding carboxylic acids is 4. The summed E-state index contributed by atoms with van der Waals surface area (Å²) in [5.41, 5.74) is 3.77. The van der Waals surface area contributed by atoms with Crippen LogP contribution in [0.15, 0.2) is 36.4 Å². The lowest BCUT2D eigenvalue weighted by Gasteiger charge is -2.29. The second-order valence-electron chi connectivity index (χ2n) is 12.1. The number of benzene rings is 2. The Kier molecular flexibility index (Phi) is 7.93. The van der Waals surface area contributed by atoms with Crippen LogP contribution >= 0.6 is 22.9 Å². The fourth-order valence-corrected chi connectivity index (χ4v) is 8.03. The van der Waals surface area contributed by atoms with Crippen LogP contribution < -0.4 is 16.0 Å².